The number of nitrogens with one attached hydrogen (secondary N) is 1. The van der Waals surface area contributed by atoms with Crippen LogP contribution in [-0.4, -0.2) is 9.97 Å². The van der Waals surface area contributed by atoms with Gasteiger partial charge in [-0.15, -0.1) is 0 Å². The van der Waals surface area contributed by atoms with Crippen molar-refractivity contribution in [3.8, 4) is 0 Å². The van der Waals surface area contributed by atoms with Crippen LogP contribution in [0.5, 0.6) is 0 Å². The molecule has 0 aliphatic rings. The number of aromatic nitrogens is 1. The summed E-state index contributed by atoms with van der Waals surface area (Å²) in [6, 6.07) is 9.36. The van der Waals surface area contributed by atoms with Gasteiger partial charge in [-0.05, 0) is 31.2 Å². The molecular weight excluding hydrogens is 234 g/mol. The molecular formula is C12H13N3OS. The van der Waals surface area contributed by atoms with Crippen LogP contribution in [0.15, 0.2) is 34.7 Å². The predicted octanol–water partition coefficient (Wildman–Crippen LogP) is 2.23. The lowest BCUT2D eigenvalue weighted by atomic mass is 10.3. The Morgan fingerprint density at radius 1 is 1.41 bits per heavy atom. The first kappa shape index (κ1) is 11.6. The van der Waals surface area contributed by atoms with Crippen LogP contribution in [0.4, 0.5) is 5.82 Å². The molecule has 2 aromatic heterocycles. The van der Waals surface area contributed by atoms with Crippen LogP contribution in [0.2, 0.25) is 0 Å². The number of hydrogen-bond acceptors (Lipinski definition) is 4. The van der Waals surface area contributed by atoms with Crippen LogP contribution in [0.25, 0.3) is 0 Å². The molecule has 0 unspecified atom stereocenters. The first-order valence-electron chi connectivity index (χ1n) is 5.21. The highest BCUT2D eigenvalue weighted by Gasteiger charge is 2.01. The first-order chi connectivity index (χ1) is 8.15. The molecule has 5 heteroatoms. The average Bonchev–Trinajstić information content (AvgIpc) is 2.73. The Balaban J connectivity index is 2.04. The molecule has 3 N–H and O–H groups in total. The Labute approximate surface area is 105 Å². The van der Waals surface area contributed by atoms with E-state index < -0.39 is 0 Å². The molecule has 2 rings (SSSR count). The number of nitrogens with two attached hydrogens (primary N) is 1. The molecule has 0 spiro atoms. The van der Waals surface area contributed by atoms with Crippen LogP contribution in [-0.2, 0) is 6.54 Å². The van der Waals surface area contributed by atoms with Gasteiger partial charge in [0.05, 0.1) is 12.2 Å². The van der Waals surface area contributed by atoms with E-state index in [0.29, 0.717) is 17.2 Å². The molecule has 0 aromatic carbocycles. The topological polar surface area (TPSA) is 64.1 Å². The summed E-state index contributed by atoms with van der Waals surface area (Å²) in [6.07, 6.45) is 0. The number of aryl methyl sites for hydroxylation is 1. The van der Waals surface area contributed by atoms with Crippen molar-refractivity contribution in [2.24, 2.45) is 5.73 Å². The third-order valence-corrected chi connectivity index (χ3v) is 2.45. The Morgan fingerprint density at radius 2 is 2.24 bits per heavy atom. The van der Waals surface area contributed by atoms with E-state index in [2.05, 4.69) is 10.3 Å². The second-order valence-electron chi connectivity index (χ2n) is 3.64. The van der Waals surface area contributed by atoms with Crippen LogP contribution in [0.1, 0.15) is 17.2 Å². The summed E-state index contributed by atoms with van der Waals surface area (Å²) in [5.74, 6) is 2.49. The summed E-state index contributed by atoms with van der Waals surface area (Å²) in [6.45, 7) is 2.50. The monoisotopic (exact) mass is 247 g/mol. The maximum absolute atomic E-state index is 5.52. The van der Waals surface area contributed by atoms with E-state index in [4.69, 9.17) is 22.4 Å². The number of anilines is 1. The van der Waals surface area contributed by atoms with Crippen LogP contribution < -0.4 is 11.1 Å². The zero-order chi connectivity index (χ0) is 12.3. The highest BCUT2D eigenvalue weighted by molar-refractivity contribution is 7.80. The molecule has 0 saturated heterocycles. The zero-order valence-electron chi connectivity index (χ0n) is 9.43. The smallest absolute Gasteiger partial charge is 0.127 e. The Kier molecular flexibility index (Phi) is 3.39. The van der Waals surface area contributed by atoms with E-state index >= 15 is 0 Å². The SMILES string of the molecule is Cc1ccc(CNc2cccc(C(N)=S)n2)o1. The third-order valence-electron chi connectivity index (χ3n) is 2.24. The zero-order valence-corrected chi connectivity index (χ0v) is 10.3. The van der Waals surface area contributed by atoms with Gasteiger partial charge in [-0.25, -0.2) is 4.98 Å². The molecule has 0 amide bonds. The average molecular weight is 247 g/mol. The predicted molar refractivity (Wildman–Crippen MR) is 70.9 cm³/mol. The lowest BCUT2D eigenvalue weighted by Gasteiger charge is -2.05. The van der Waals surface area contributed by atoms with Crippen molar-refractivity contribution in [3.63, 3.8) is 0 Å². The van der Waals surface area contributed by atoms with Gasteiger partial charge in [-0.2, -0.15) is 0 Å². The summed E-state index contributed by atoms with van der Waals surface area (Å²) in [4.78, 5) is 4.57. The Morgan fingerprint density at radius 3 is 2.88 bits per heavy atom. The largest absolute Gasteiger partial charge is 0.465 e. The highest BCUT2D eigenvalue weighted by Crippen LogP contribution is 2.10. The molecule has 0 atom stereocenters. The van der Waals surface area contributed by atoms with Crippen LogP contribution >= 0.6 is 12.2 Å². The molecule has 0 aliphatic carbocycles. The lowest BCUT2D eigenvalue weighted by molar-refractivity contribution is 0.490. The molecule has 0 aliphatic heterocycles. The minimum atomic E-state index is 0.294. The van der Waals surface area contributed by atoms with Crippen molar-refractivity contribution in [2.75, 3.05) is 5.32 Å². The number of rotatable bonds is 4. The van der Waals surface area contributed by atoms with Crippen molar-refractivity contribution in [2.45, 2.75) is 13.5 Å². The standard InChI is InChI=1S/C12H13N3OS/c1-8-5-6-9(16-8)7-14-11-4-2-3-10(15-11)12(13)17/h2-6H,7H2,1H3,(H2,13,17)(H,14,15). The molecule has 2 heterocycles. The van der Waals surface area contributed by atoms with E-state index in [9.17, 15) is 0 Å². The molecule has 17 heavy (non-hydrogen) atoms. The molecule has 2 aromatic rings. The number of thiocarbonyl (C=S) groups is 1. The van der Waals surface area contributed by atoms with Gasteiger partial charge in [-0.1, -0.05) is 18.3 Å². The van der Waals surface area contributed by atoms with Gasteiger partial charge >= 0.3 is 0 Å². The van der Waals surface area contributed by atoms with Crippen molar-refractivity contribution in [1.82, 2.24) is 4.98 Å². The van der Waals surface area contributed by atoms with Crippen molar-refractivity contribution in [3.05, 3.63) is 47.5 Å². The van der Waals surface area contributed by atoms with Gasteiger partial charge in [0.1, 0.15) is 22.3 Å². The van der Waals surface area contributed by atoms with Gasteiger partial charge in [0.25, 0.3) is 0 Å². The fourth-order valence-electron chi connectivity index (χ4n) is 1.43. The van der Waals surface area contributed by atoms with E-state index in [0.717, 1.165) is 17.3 Å². The van der Waals surface area contributed by atoms with Crippen molar-refractivity contribution < 1.29 is 4.42 Å². The number of hydrogen-bond donors (Lipinski definition) is 2. The minimum Gasteiger partial charge on any atom is -0.465 e. The van der Waals surface area contributed by atoms with Gasteiger partial charge in [0.15, 0.2) is 0 Å². The third kappa shape index (κ3) is 3.04. The summed E-state index contributed by atoms with van der Waals surface area (Å²) in [5, 5.41) is 3.15. The molecule has 88 valence electrons. The highest BCUT2D eigenvalue weighted by atomic mass is 32.1. The lowest BCUT2D eigenvalue weighted by Crippen LogP contribution is -2.12. The Bertz CT molecular complexity index is 536. The minimum absolute atomic E-state index is 0.294. The maximum Gasteiger partial charge on any atom is 0.127 e. The molecule has 0 radical (unpaired) electrons. The quantitative estimate of drug-likeness (QED) is 0.811. The second kappa shape index (κ2) is 4.97. The summed E-state index contributed by atoms with van der Waals surface area (Å²) < 4.78 is 5.44. The van der Waals surface area contributed by atoms with E-state index in [-0.39, 0.29) is 0 Å². The van der Waals surface area contributed by atoms with Crippen molar-refractivity contribution >= 4 is 23.0 Å². The first-order valence-corrected chi connectivity index (χ1v) is 5.62. The number of nitrogens with zero attached hydrogens (tertiary/aromatic N) is 1. The molecule has 4 nitrogen and oxygen atoms in total. The second-order valence-corrected chi connectivity index (χ2v) is 4.08. The van der Waals surface area contributed by atoms with Gasteiger partial charge in [0.2, 0.25) is 0 Å². The summed E-state index contributed by atoms with van der Waals surface area (Å²) in [7, 11) is 0. The Hall–Kier alpha value is -1.88. The molecule has 0 saturated carbocycles. The van der Waals surface area contributed by atoms with Crippen molar-refractivity contribution in [1.29, 1.82) is 0 Å². The van der Waals surface area contributed by atoms with Gasteiger partial charge in [0, 0.05) is 0 Å². The fourth-order valence-corrected chi connectivity index (χ4v) is 1.54. The normalized spacial score (nSPS) is 10.2. The maximum atomic E-state index is 5.52. The molecule has 0 fully saturated rings. The van der Waals surface area contributed by atoms with Crippen LogP contribution in [0.3, 0.4) is 0 Å². The van der Waals surface area contributed by atoms with E-state index in [1.165, 1.54) is 0 Å². The number of furan rings is 1. The van der Waals surface area contributed by atoms with Gasteiger partial charge in [-0.3, -0.25) is 0 Å². The fraction of sp³-hybridized carbons (Fsp3) is 0.167. The molecule has 0 bridgehead atoms. The van der Waals surface area contributed by atoms with E-state index in [1.807, 2.05) is 31.2 Å². The van der Waals surface area contributed by atoms with E-state index in [1.54, 1.807) is 6.07 Å². The number of pyridine rings is 1. The summed E-state index contributed by atoms with van der Waals surface area (Å²) in [5.41, 5.74) is 6.13. The summed E-state index contributed by atoms with van der Waals surface area (Å²) >= 11 is 4.87. The van der Waals surface area contributed by atoms with Gasteiger partial charge < -0.3 is 15.5 Å². The van der Waals surface area contributed by atoms with Crippen LogP contribution in [0, 0.1) is 6.92 Å².